The molecule has 0 spiro atoms. The van der Waals surface area contributed by atoms with Crippen LogP contribution in [0.25, 0.3) is 0 Å². The first-order valence-corrected chi connectivity index (χ1v) is 7.52. The number of aliphatic hydroxyl groups excluding tert-OH is 1. The van der Waals surface area contributed by atoms with Gasteiger partial charge >= 0.3 is 0 Å². The fourth-order valence-electron chi connectivity index (χ4n) is 2.89. The molecule has 0 radical (unpaired) electrons. The Labute approximate surface area is 126 Å². The molecule has 2 rings (SSSR count). The van der Waals surface area contributed by atoms with Gasteiger partial charge in [0.15, 0.2) is 0 Å². The average molecular weight is 291 g/mol. The summed E-state index contributed by atoms with van der Waals surface area (Å²) < 4.78 is 0. The third-order valence-corrected chi connectivity index (χ3v) is 3.94. The first-order valence-electron chi connectivity index (χ1n) is 7.52. The van der Waals surface area contributed by atoms with Crippen LogP contribution in [0.5, 0.6) is 0 Å². The second kappa shape index (κ2) is 7.54. The molecule has 0 saturated carbocycles. The highest BCUT2D eigenvalue weighted by Gasteiger charge is 2.30. The molecule has 1 aromatic carbocycles. The van der Waals surface area contributed by atoms with Crippen molar-refractivity contribution >= 4 is 5.91 Å². The minimum Gasteiger partial charge on any atom is -0.392 e. The molecule has 1 heterocycles. The van der Waals surface area contributed by atoms with Gasteiger partial charge in [0, 0.05) is 38.1 Å². The van der Waals surface area contributed by atoms with E-state index in [2.05, 4.69) is 22.3 Å². The van der Waals surface area contributed by atoms with E-state index >= 15 is 0 Å². The number of hydrogen-bond acceptors (Lipinski definition) is 4. The van der Waals surface area contributed by atoms with Crippen molar-refractivity contribution in [3.8, 4) is 0 Å². The Morgan fingerprint density at radius 3 is 2.86 bits per heavy atom. The summed E-state index contributed by atoms with van der Waals surface area (Å²) in [6.45, 7) is 4.26. The summed E-state index contributed by atoms with van der Waals surface area (Å²) in [5.41, 5.74) is 6.45. The normalized spacial score (nSPS) is 24.1. The van der Waals surface area contributed by atoms with E-state index in [9.17, 15) is 9.90 Å². The van der Waals surface area contributed by atoms with Gasteiger partial charge in [0.25, 0.3) is 0 Å². The number of hydrogen-bond donors (Lipinski definition) is 3. The van der Waals surface area contributed by atoms with Crippen LogP contribution in [-0.4, -0.2) is 47.2 Å². The SMILES string of the molecule is CC(CC(N)=O)NCC1CC(O)CN1Cc1ccccc1. The minimum absolute atomic E-state index is 0.0684. The summed E-state index contributed by atoms with van der Waals surface area (Å²) >= 11 is 0. The number of benzene rings is 1. The molecule has 5 heteroatoms. The molecule has 1 aromatic rings. The Morgan fingerprint density at radius 1 is 1.48 bits per heavy atom. The van der Waals surface area contributed by atoms with Crippen molar-refractivity contribution in [3.63, 3.8) is 0 Å². The lowest BCUT2D eigenvalue weighted by atomic mass is 10.1. The number of aliphatic hydroxyl groups is 1. The number of β-amino-alcohol motifs (C(OH)–C–C–N with tert-alkyl or cyclic N) is 1. The van der Waals surface area contributed by atoms with Crippen molar-refractivity contribution in [2.75, 3.05) is 13.1 Å². The lowest BCUT2D eigenvalue weighted by molar-refractivity contribution is -0.118. The standard InChI is InChI=1S/C16H25N3O2/c1-12(7-16(17)21)18-9-14-8-15(20)11-19(14)10-13-5-3-2-4-6-13/h2-6,12,14-15,18,20H,7-11H2,1H3,(H2,17,21). The third-order valence-electron chi connectivity index (χ3n) is 3.94. The maximum Gasteiger partial charge on any atom is 0.218 e. The molecule has 1 saturated heterocycles. The molecule has 116 valence electrons. The molecule has 5 nitrogen and oxygen atoms in total. The lowest BCUT2D eigenvalue weighted by Gasteiger charge is -2.25. The van der Waals surface area contributed by atoms with Gasteiger partial charge in [0.2, 0.25) is 5.91 Å². The Kier molecular flexibility index (Phi) is 5.73. The summed E-state index contributed by atoms with van der Waals surface area (Å²) in [4.78, 5) is 13.2. The molecular weight excluding hydrogens is 266 g/mol. The van der Waals surface area contributed by atoms with E-state index in [1.54, 1.807) is 0 Å². The lowest BCUT2D eigenvalue weighted by Crippen LogP contribution is -2.41. The van der Waals surface area contributed by atoms with Gasteiger partial charge < -0.3 is 16.2 Å². The van der Waals surface area contributed by atoms with Gasteiger partial charge in [-0.15, -0.1) is 0 Å². The number of carbonyl (C=O) groups excluding carboxylic acids is 1. The minimum atomic E-state index is -0.289. The summed E-state index contributed by atoms with van der Waals surface area (Å²) in [5.74, 6) is -0.289. The number of likely N-dealkylation sites (tertiary alicyclic amines) is 1. The van der Waals surface area contributed by atoms with E-state index in [-0.39, 0.29) is 24.1 Å². The molecule has 1 aliphatic heterocycles. The zero-order valence-electron chi connectivity index (χ0n) is 12.5. The van der Waals surface area contributed by atoms with E-state index < -0.39 is 0 Å². The van der Waals surface area contributed by atoms with Crippen molar-refractivity contribution in [2.24, 2.45) is 5.73 Å². The van der Waals surface area contributed by atoms with Crippen LogP contribution >= 0.6 is 0 Å². The van der Waals surface area contributed by atoms with Gasteiger partial charge in [-0.3, -0.25) is 9.69 Å². The molecule has 0 bridgehead atoms. The largest absolute Gasteiger partial charge is 0.392 e. The fraction of sp³-hybridized carbons (Fsp3) is 0.562. The van der Waals surface area contributed by atoms with E-state index in [1.165, 1.54) is 5.56 Å². The highest BCUT2D eigenvalue weighted by molar-refractivity contribution is 5.74. The van der Waals surface area contributed by atoms with Crippen LogP contribution in [0.2, 0.25) is 0 Å². The molecule has 0 aliphatic carbocycles. The molecule has 1 fully saturated rings. The molecule has 4 N–H and O–H groups in total. The smallest absolute Gasteiger partial charge is 0.218 e. The molecule has 0 aromatic heterocycles. The van der Waals surface area contributed by atoms with Crippen LogP contribution in [0.15, 0.2) is 30.3 Å². The summed E-state index contributed by atoms with van der Waals surface area (Å²) in [6, 6.07) is 10.6. The third kappa shape index (κ3) is 5.12. The van der Waals surface area contributed by atoms with Gasteiger partial charge in [-0.1, -0.05) is 30.3 Å². The zero-order valence-corrected chi connectivity index (χ0v) is 12.5. The van der Waals surface area contributed by atoms with Crippen LogP contribution in [0.4, 0.5) is 0 Å². The molecule has 3 atom stereocenters. The number of nitrogens with one attached hydrogen (secondary N) is 1. The Hall–Kier alpha value is -1.43. The fourth-order valence-corrected chi connectivity index (χ4v) is 2.89. The Bertz CT molecular complexity index is 452. The predicted octanol–water partition coefficient (Wildman–Crippen LogP) is 0.475. The number of nitrogens with zero attached hydrogens (tertiary/aromatic N) is 1. The van der Waals surface area contributed by atoms with Gasteiger partial charge in [0.1, 0.15) is 0 Å². The number of carbonyl (C=O) groups is 1. The maximum atomic E-state index is 10.9. The monoisotopic (exact) mass is 291 g/mol. The Balaban J connectivity index is 1.86. The second-order valence-corrected chi connectivity index (χ2v) is 5.94. The maximum absolute atomic E-state index is 10.9. The number of rotatable bonds is 7. The first-order chi connectivity index (χ1) is 10.0. The van der Waals surface area contributed by atoms with Crippen molar-refractivity contribution < 1.29 is 9.90 Å². The quantitative estimate of drug-likeness (QED) is 0.682. The van der Waals surface area contributed by atoms with E-state index in [1.807, 2.05) is 25.1 Å². The molecule has 1 amide bonds. The molecule has 3 unspecified atom stereocenters. The van der Waals surface area contributed by atoms with Gasteiger partial charge in [-0.05, 0) is 18.9 Å². The van der Waals surface area contributed by atoms with E-state index in [4.69, 9.17) is 5.73 Å². The van der Waals surface area contributed by atoms with Crippen molar-refractivity contribution in [3.05, 3.63) is 35.9 Å². The van der Waals surface area contributed by atoms with Gasteiger partial charge in [-0.25, -0.2) is 0 Å². The Morgan fingerprint density at radius 2 is 2.19 bits per heavy atom. The number of primary amides is 1. The molecular formula is C16H25N3O2. The number of amides is 1. The highest BCUT2D eigenvalue weighted by atomic mass is 16.3. The molecule has 21 heavy (non-hydrogen) atoms. The van der Waals surface area contributed by atoms with Gasteiger partial charge in [-0.2, -0.15) is 0 Å². The summed E-state index contributed by atoms with van der Waals surface area (Å²) in [5, 5.41) is 13.3. The van der Waals surface area contributed by atoms with Crippen LogP contribution < -0.4 is 11.1 Å². The van der Waals surface area contributed by atoms with Crippen LogP contribution in [0, 0.1) is 0 Å². The van der Waals surface area contributed by atoms with E-state index in [0.29, 0.717) is 13.0 Å². The summed E-state index contributed by atoms with van der Waals surface area (Å²) in [6.07, 6.45) is 0.837. The zero-order chi connectivity index (χ0) is 15.2. The highest BCUT2D eigenvalue weighted by Crippen LogP contribution is 2.20. The molecule has 1 aliphatic rings. The number of nitrogens with two attached hydrogens (primary N) is 1. The topological polar surface area (TPSA) is 78.6 Å². The summed E-state index contributed by atoms with van der Waals surface area (Å²) in [7, 11) is 0. The van der Waals surface area contributed by atoms with Crippen molar-refractivity contribution in [1.82, 2.24) is 10.2 Å². The first kappa shape index (κ1) is 15.9. The van der Waals surface area contributed by atoms with Crippen molar-refractivity contribution in [1.29, 1.82) is 0 Å². The van der Waals surface area contributed by atoms with Crippen LogP contribution in [0.3, 0.4) is 0 Å². The van der Waals surface area contributed by atoms with E-state index in [0.717, 1.165) is 19.5 Å². The van der Waals surface area contributed by atoms with Crippen LogP contribution in [0.1, 0.15) is 25.3 Å². The average Bonchev–Trinajstić information content (AvgIpc) is 2.77. The predicted molar refractivity (Wildman–Crippen MR) is 82.5 cm³/mol. The van der Waals surface area contributed by atoms with Crippen LogP contribution in [-0.2, 0) is 11.3 Å². The van der Waals surface area contributed by atoms with Gasteiger partial charge in [0.05, 0.1) is 6.10 Å². The van der Waals surface area contributed by atoms with Crippen molar-refractivity contribution in [2.45, 2.75) is 44.5 Å². The second-order valence-electron chi connectivity index (χ2n) is 5.94.